The van der Waals surface area contributed by atoms with Crippen LogP contribution in [-0.2, 0) is 16.1 Å². The Kier molecular flexibility index (Phi) is 7.36. The summed E-state index contributed by atoms with van der Waals surface area (Å²) in [5.74, 6) is -0.804. The van der Waals surface area contributed by atoms with Crippen molar-refractivity contribution in [1.29, 1.82) is 0 Å². The van der Waals surface area contributed by atoms with E-state index in [1.165, 1.54) is 0 Å². The van der Waals surface area contributed by atoms with Crippen LogP contribution in [0.25, 0.3) is 0 Å². The SMILES string of the molecule is NC(=O)CCN(Cc1ccccc1)C(=O)CCNC(=O)c1ccccc1. The number of primary amides is 1. The molecule has 3 N–H and O–H groups in total. The van der Waals surface area contributed by atoms with Gasteiger partial charge < -0.3 is 16.0 Å². The van der Waals surface area contributed by atoms with Gasteiger partial charge in [-0.25, -0.2) is 0 Å². The quantitative estimate of drug-likeness (QED) is 0.719. The summed E-state index contributed by atoms with van der Waals surface area (Å²) in [7, 11) is 0. The molecule has 0 fully saturated rings. The molecule has 2 aromatic carbocycles. The molecule has 2 rings (SSSR count). The van der Waals surface area contributed by atoms with E-state index in [1.54, 1.807) is 29.2 Å². The molecule has 0 bridgehead atoms. The second-order valence-electron chi connectivity index (χ2n) is 5.89. The van der Waals surface area contributed by atoms with Crippen molar-refractivity contribution >= 4 is 17.7 Å². The molecule has 0 heterocycles. The first-order chi connectivity index (χ1) is 12.6. The van der Waals surface area contributed by atoms with Crippen molar-refractivity contribution < 1.29 is 14.4 Å². The molecular weight excluding hydrogens is 330 g/mol. The molecule has 26 heavy (non-hydrogen) atoms. The van der Waals surface area contributed by atoms with Crippen molar-refractivity contribution in [2.45, 2.75) is 19.4 Å². The molecule has 0 aromatic heterocycles. The fraction of sp³-hybridized carbons (Fsp3) is 0.250. The lowest BCUT2D eigenvalue weighted by molar-refractivity contribution is -0.132. The molecule has 0 saturated heterocycles. The number of carbonyl (C=O) groups excluding carboxylic acids is 3. The number of carbonyl (C=O) groups is 3. The zero-order valence-electron chi connectivity index (χ0n) is 14.6. The predicted octanol–water partition coefficient (Wildman–Crippen LogP) is 1.71. The molecule has 0 saturated carbocycles. The van der Waals surface area contributed by atoms with Crippen LogP contribution in [0.3, 0.4) is 0 Å². The molecule has 0 atom stereocenters. The van der Waals surface area contributed by atoms with E-state index in [4.69, 9.17) is 5.73 Å². The van der Waals surface area contributed by atoms with Gasteiger partial charge in [0.15, 0.2) is 0 Å². The minimum Gasteiger partial charge on any atom is -0.370 e. The Hall–Kier alpha value is -3.15. The predicted molar refractivity (Wildman–Crippen MR) is 99.1 cm³/mol. The Balaban J connectivity index is 1.88. The number of nitrogens with two attached hydrogens (primary N) is 1. The molecule has 0 radical (unpaired) electrons. The minimum atomic E-state index is -0.451. The van der Waals surface area contributed by atoms with Crippen molar-refractivity contribution in [2.24, 2.45) is 5.73 Å². The summed E-state index contributed by atoms with van der Waals surface area (Å²) in [5, 5.41) is 2.74. The summed E-state index contributed by atoms with van der Waals surface area (Å²) in [6.07, 6.45) is 0.263. The van der Waals surface area contributed by atoms with Crippen molar-refractivity contribution in [3.63, 3.8) is 0 Å². The van der Waals surface area contributed by atoms with E-state index < -0.39 is 5.91 Å². The third kappa shape index (κ3) is 6.39. The Morgan fingerprint density at radius 2 is 1.50 bits per heavy atom. The second kappa shape index (κ2) is 9.98. The van der Waals surface area contributed by atoms with Crippen LogP contribution in [-0.4, -0.2) is 35.7 Å². The number of nitrogens with zero attached hydrogens (tertiary/aromatic N) is 1. The van der Waals surface area contributed by atoms with Gasteiger partial charge in [0.2, 0.25) is 11.8 Å². The van der Waals surface area contributed by atoms with Crippen LogP contribution < -0.4 is 11.1 Å². The number of rotatable bonds is 9. The maximum Gasteiger partial charge on any atom is 0.251 e. The number of benzene rings is 2. The maximum atomic E-state index is 12.5. The highest BCUT2D eigenvalue weighted by Gasteiger charge is 2.15. The summed E-state index contributed by atoms with van der Waals surface area (Å²) < 4.78 is 0. The largest absolute Gasteiger partial charge is 0.370 e. The zero-order chi connectivity index (χ0) is 18.8. The van der Waals surface area contributed by atoms with E-state index in [9.17, 15) is 14.4 Å². The van der Waals surface area contributed by atoms with E-state index in [2.05, 4.69) is 5.32 Å². The highest BCUT2D eigenvalue weighted by molar-refractivity contribution is 5.94. The monoisotopic (exact) mass is 353 g/mol. The third-order valence-corrected chi connectivity index (χ3v) is 3.86. The van der Waals surface area contributed by atoms with Crippen molar-refractivity contribution in [3.8, 4) is 0 Å². The van der Waals surface area contributed by atoms with Crippen LogP contribution in [0.1, 0.15) is 28.8 Å². The standard InChI is InChI=1S/C20H23N3O3/c21-18(24)12-14-23(15-16-7-3-1-4-8-16)19(25)11-13-22-20(26)17-9-5-2-6-10-17/h1-10H,11-15H2,(H2,21,24)(H,22,26). The van der Waals surface area contributed by atoms with Gasteiger partial charge in [0, 0.05) is 38.0 Å². The average Bonchev–Trinajstić information content (AvgIpc) is 2.66. The Bertz CT molecular complexity index is 732. The highest BCUT2D eigenvalue weighted by atomic mass is 16.2. The van der Waals surface area contributed by atoms with Crippen molar-refractivity contribution in [2.75, 3.05) is 13.1 Å². The maximum absolute atomic E-state index is 12.5. The highest BCUT2D eigenvalue weighted by Crippen LogP contribution is 2.07. The molecule has 2 aromatic rings. The van der Waals surface area contributed by atoms with E-state index >= 15 is 0 Å². The first kappa shape index (κ1) is 19.2. The third-order valence-electron chi connectivity index (χ3n) is 3.86. The van der Waals surface area contributed by atoms with E-state index in [-0.39, 0.29) is 37.7 Å². The van der Waals surface area contributed by atoms with E-state index in [1.807, 2.05) is 36.4 Å². The van der Waals surface area contributed by atoms with Crippen molar-refractivity contribution in [3.05, 3.63) is 71.8 Å². The molecule has 0 aliphatic carbocycles. The van der Waals surface area contributed by atoms with Gasteiger partial charge in [0.1, 0.15) is 0 Å². The van der Waals surface area contributed by atoms with Gasteiger partial charge in [0.05, 0.1) is 0 Å². The first-order valence-corrected chi connectivity index (χ1v) is 8.49. The topological polar surface area (TPSA) is 92.5 Å². The molecule has 3 amide bonds. The summed E-state index contributed by atoms with van der Waals surface area (Å²) in [6.45, 7) is 0.893. The zero-order valence-corrected chi connectivity index (χ0v) is 14.6. The van der Waals surface area contributed by atoms with Crippen LogP contribution in [0.5, 0.6) is 0 Å². The minimum absolute atomic E-state index is 0.106. The molecular formula is C20H23N3O3. The summed E-state index contributed by atoms with van der Waals surface area (Å²) in [4.78, 5) is 37.2. The lowest BCUT2D eigenvalue weighted by Gasteiger charge is -2.22. The van der Waals surface area contributed by atoms with Crippen molar-refractivity contribution in [1.82, 2.24) is 10.2 Å². The second-order valence-corrected chi connectivity index (χ2v) is 5.89. The van der Waals surface area contributed by atoms with Crippen LogP contribution in [0.2, 0.25) is 0 Å². The molecule has 0 spiro atoms. The summed E-state index contributed by atoms with van der Waals surface area (Å²) in [6, 6.07) is 18.4. The first-order valence-electron chi connectivity index (χ1n) is 8.49. The van der Waals surface area contributed by atoms with Gasteiger partial charge in [-0.15, -0.1) is 0 Å². The van der Waals surface area contributed by atoms with Crippen LogP contribution in [0.4, 0.5) is 0 Å². The average molecular weight is 353 g/mol. The fourth-order valence-electron chi connectivity index (χ4n) is 2.47. The number of hydrogen-bond donors (Lipinski definition) is 2. The number of nitrogens with one attached hydrogen (secondary N) is 1. The molecule has 6 nitrogen and oxygen atoms in total. The molecule has 0 aliphatic rings. The van der Waals surface area contributed by atoms with Gasteiger partial charge >= 0.3 is 0 Å². The molecule has 0 unspecified atom stereocenters. The summed E-state index contributed by atoms with van der Waals surface area (Å²) >= 11 is 0. The van der Waals surface area contributed by atoms with Crippen LogP contribution in [0.15, 0.2) is 60.7 Å². The molecule has 136 valence electrons. The van der Waals surface area contributed by atoms with Gasteiger partial charge in [-0.05, 0) is 17.7 Å². The lowest BCUT2D eigenvalue weighted by atomic mass is 10.2. The Morgan fingerprint density at radius 1 is 0.885 bits per heavy atom. The summed E-state index contributed by atoms with van der Waals surface area (Å²) in [5.41, 5.74) is 6.73. The Labute approximate surface area is 153 Å². The van der Waals surface area contributed by atoms with Gasteiger partial charge in [-0.1, -0.05) is 48.5 Å². The smallest absolute Gasteiger partial charge is 0.251 e. The number of hydrogen-bond acceptors (Lipinski definition) is 3. The molecule has 6 heteroatoms. The van der Waals surface area contributed by atoms with Gasteiger partial charge in [0.25, 0.3) is 5.91 Å². The number of amides is 3. The van der Waals surface area contributed by atoms with Crippen LogP contribution in [0, 0.1) is 0 Å². The van der Waals surface area contributed by atoms with Gasteiger partial charge in [-0.3, -0.25) is 14.4 Å². The fourth-order valence-corrected chi connectivity index (χ4v) is 2.47. The van der Waals surface area contributed by atoms with Crippen LogP contribution >= 0.6 is 0 Å². The Morgan fingerprint density at radius 3 is 2.12 bits per heavy atom. The van der Waals surface area contributed by atoms with Gasteiger partial charge in [-0.2, -0.15) is 0 Å². The van der Waals surface area contributed by atoms with E-state index in [0.29, 0.717) is 12.1 Å². The lowest BCUT2D eigenvalue weighted by Crippen LogP contribution is -2.36. The van der Waals surface area contributed by atoms with E-state index in [0.717, 1.165) is 5.56 Å². The molecule has 0 aliphatic heterocycles. The normalized spacial score (nSPS) is 10.2.